The predicted octanol–water partition coefficient (Wildman–Crippen LogP) is 1.75. The smallest absolute Gasteiger partial charge is 0.354 e. The molecule has 0 atom stereocenters. The molecule has 2 N–H and O–H groups in total. The van der Waals surface area contributed by atoms with Gasteiger partial charge in [-0.1, -0.05) is 6.07 Å². The van der Waals surface area contributed by atoms with Gasteiger partial charge in [-0.3, -0.25) is 10.00 Å². The third-order valence-corrected chi connectivity index (χ3v) is 3.17. The summed E-state index contributed by atoms with van der Waals surface area (Å²) in [7, 11) is 1.97. The first kappa shape index (κ1) is 14.2. The number of aromatic amines is 1. The number of nitrogens with one attached hydrogen (secondary N) is 1. The number of carboxylic acids is 1. The van der Waals surface area contributed by atoms with E-state index in [9.17, 15) is 4.79 Å². The van der Waals surface area contributed by atoms with Gasteiger partial charge in [-0.15, -0.1) is 0 Å². The van der Waals surface area contributed by atoms with Gasteiger partial charge in [0.2, 0.25) is 0 Å². The minimum Gasteiger partial charge on any atom is -0.477 e. The number of carbonyl (C=O) groups is 1. The number of hydrogen-bond donors (Lipinski definition) is 2. The van der Waals surface area contributed by atoms with Crippen molar-refractivity contribution < 1.29 is 9.90 Å². The van der Waals surface area contributed by atoms with Crippen molar-refractivity contribution in [2.45, 2.75) is 26.9 Å². The first-order chi connectivity index (χ1) is 9.47. The first-order valence-electron chi connectivity index (χ1n) is 6.35. The van der Waals surface area contributed by atoms with Crippen LogP contribution in [-0.2, 0) is 13.1 Å². The standard InChI is InChI=1S/C14H18N4O2/c1-9-12(10(2)17-16-9)8-18(3)7-11-5-4-6-13(15-11)14(19)20/h4-6H,7-8H2,1-3H3,(H,16,17)(H,19,20). The molecule has 0 fully saturated rings. The van der Waals surface area contributed by atoms with Crippen molar-refractivity contribution in [1.29, 1.82) is 0 Å². The molecule has 0 radical (unpaired) electrons. The lowest BCUT2D eigenvalue weighted by Gasteiger charge is -2.16. The molecule has 2 rings (SSSR count). The van der Waals surface area contributed by atoms with Crippen molar-refractivity contribution >= 4 is 5.97 Å². The molecule has 0 aromatic carbocycles. The normalized spacial score (nSPS) is 11.0. The zero-order valence-corrected chi connectivity index (χ0v) is 11.8. The van der Waals surface area contributed by atoms with Crippen LogP contribution in [0.3, 0.4) is 0 Å². The van der Waals surface area contributed by atoms with Crippen LogP contribution in [0.1, 0.15) is 33.1 Å². The van der Waals surface area contributed by atoms with Crippen molar-refractivity contribution in [2.24, 2.45) is 0 Å². The molecule has 0 aliphatic heterocycles. The Morgan fingerprint density at radius 3 is 2.70 bits per heavy atom. The highest BCUT2D eigenvalue weighted by Gasteiger charge is 2.11. The van der Waals surface area contributed by atoms with E-state index in [1.165, 1.54) is 11.6 Å². The molecule has 2 heterocycles. The van der Waals surface area contributed by atoms with Crippen molar-refractivity contribution in [3.05, 3.63) is 46.5 Å². The van der Waals surface area contributed by atoms with Gasteiger partial charge < -0.3 is 5.11 Å². The number of hydrogen-bond acceptors (Lipinski definition) is 4. The Morgan fingerprint density at radius 2 is 2.10 bits per heavy atom. The number of aromatic nitrogens is 3. The molecule has 2 aromatic heterocycles. The van der Waals surface area contributed by atoms with Gasteiger partial charge in [-0.2, -0.15) is 5.10 Å². The fourth-order valence-electron chi connectivity index (χ4n) is 2.10. The minimum absolute atomic E-state index is 0.0755. The van der Waals surface area contributed by atoms with Gasteiger partial charge in [0.15, 0.2) is 0 Å². The summed E-state index contributed by atoms with van der Waals surface area (Å²) in [6, 6.07) is 5.04. The number of rotatable bonds is 5. The summed E-state index contributed by atoms with van der Waals surface area (Å²) in [5, 5.41) is 16.1. The second-order valence-electron chi connectivity index (χ2n) is 4.90. The van der Waals surface area contributed by atoms with E-state index in [1.807, 2.05) is 27.0 Å². The molecule has 0 aliphatic rings. The summed E-state index contributed by atoms with van der Waals surface area (Å²) in [5.41, 5.74) is 4.03. The second-order valence-corrected chi connectivity index (χ2v) is 4.90. The van der Waals surface area contributed by atoms with Gasteiger partial charge in [0.1, 0.15) is 5.69 Å². The molecule has 0 saturated heterocycles. The van der Waals surface area contributed by atoms with Crippen LogP contribution in [0.4, 0.5) is 0 Å². The summed E-state index contributed by atoms with van der Waals surface area (Å²) in [6.45, 7) is 5.29. The lowest BCUT2D eigenvalue weighted by Crippen LogP contribution is -2.19. The highest BCUT2D eigenvalue weighted by Crippen LogP contribution is 2.13. The number of aromatic carboxylic acids is 1. The summed E-state index contributed by atoms with van der Waals surface area (Å²) < 4.78 is 0. The lowest BCUT2D eigenvalue weighted by molar-refractivity contribution is 0.0690. The Bertz CT molecular complexity index is 602. The van der Waals surface area contributed by atoms with Gasteiger partial charge >= 0.3 is 5.97 Å². The molecule has 20 heavy (non-hydrogen) atoms. The zero-order chi connectivity index (χ0) is 14.7. The van der Waals surface area contributed by atoms with E-state index in [0.717, 1.165) is 23.6 Å². The zero-order valence-electron chi connectivity index (χ0n) is 11.8. The van der Waals surface area contributed by atoms with E-state index in [1.54, 1.807) is 6.07 Å². The van der Waals surface area contributed by atoms with Crippen LogP contribution in [0.5, 0.6) is 0 Å². The number of aryl methyl sites for hydroxylation is 2. The average Bonchev–Trinajstić information content (AvgIpc) is 2.71. The van der Waals surface area contributed by atoms with Crippen molar-refractivity contribution in [3.63, 3.8) is 0 Å². The molecular weight excluding hydrogens is 256 g/mol. The molecule has 0 amide bonds. The van der Waals surface area contributed by atoms with E-state index in [-0.39, 0.29) is 5.69 Å². The number of nitrogens with zero attached hydrogens (tertiary/aromatic N) is 3. The van der Waals surface area contributed by atoms with Crippen LogP contribution in [0.25, 0.3) is 0 Å². The Hall–Kier alpha value is -2.21. The molecule has 0 bridgehead atoms. The minimum atomic E-state index is -1.00. The largest absolute Gasteiger partial charge is 0.477 e. The summed E-state index contributed by atoms with van der Waals surface area (Å²) in [6.07, 6.45) is 0. The van der Waals surface area contributed by atoms with E-state index in [4.69, 9.17) is 5.11 Å². The third-order valence-electron chi connectivity index (χ3n) is 3.17. The molecular formula is C14H18N4O2. The highest BCUT2D eigenvalue weighted by molar-refractivity contribution is 5.85. The van der Waals surface area contributed by atoms with Gasteiger partial charge in [-0.25, -0.2) is 9.78 Å². The summed E-state index contributed by atoms with van der Waals surface area (Å²) in [4.78, 5) is 17.1. The Kier molecular flexibility index (Phi) is 4.14. The fourth-order valence-corrected chi connectivity index (χ4v) is 2.10. The molecule has 0 unspecified atom stereocenters. The highest BCUT2D eigenvalue weighted by atomic mass is 16.4. The molecule has 6 heteroatoms. The van der Waals surface area contributed by atoms with Crippen molar-refractivity contribution in [2.75, 3.05) is 7.05 Å². The SMILES string of the molecule is Cc1n[nH]c(C)c1CN(C)Cc1cccc(C(=O)O)n1. The van der Waals surface area contributed by atoms with Crippen LogP contribution in [0.15, 0.2) is 18.2 Å². The van der Waals surface area contributed by atoms with Crippen LogP contribution in [0, 0.1) is 13.8 Å². The van der Waals surface area contributed by atoms with Crippen LogP contribution in [0.2, 0.25) is 0 Å². The quantitative estimate of drug-likeness (QED) is 0.868. The van der Waals surface area contributed by atoms with Gasteiger partial charge in [0, 0.05) is 24.3 Å². The van der Waals surface area contributed by atoms with Crippen LogP contribution < -0.4 is 0 Å². The molecule has 106 valence electrons. The van der Waals surface area contributed by atoms with E-state index in [2.05, 4.69) is 20.1 Å². The van der Waals surface area contributed by atoms with Gasteiger partial charge in [0.25, 0.3) is 0 Å². The number of carboxylic acid groups (broad SMARTS) is 1. The predicted molar refractivity (Wildman–Crippen MR) is 74.4 cm³/mol. The van der Waals surface area contributed by atoms with E-state index >= 15 is 0 Å². The summed E-state index contributed by atoms with van der Waals surface area (Å²) >= 11 is 0. The van der Waals surface area contributed by atoms with Crippen LogP contribution >= 0.6 is 0 Å². The topological polar surface area (TPSA) is 82.1 Å². The second kappa shape index (κ2) is 5.83. The van der Waals surface area contributed by atoms with E-state index < -0.39 is 5.97 Å². The third kappa shape index (κ3) is 3.21. The lowest BCUT2D eigenvalue weighted by atomic mass is 10.2. The maximum Gasteiger partial charge on any atom is 0.354 e. The molecule has 0 spiro atoms. The molecule has 0 saturated carbocycles. The summed E-state index contributed by atoms with van der Waals surface area (Å²) in [5.74, 6) is -1.00. The van der Waals surface area contributed by atoms with Crippen molar-refractivity contribution in [1.82, 2.24) is 20.1 Å². The average molecular weight is 274 g/mol. The van der Waals surface area contributed by atoms with Crippen molar-refractivity contribution in [3.8, 4) is 0 Å². The number of pyridine rings is 1. The Morgan fingerprint density at radius 1 is 1.35 bits per heavy atom. The molecule has 6 nitrogen and oxygen atoms in total. The monoisotopic (exact) mass is 274 g/mol. The molecule has 0 aliphatic carbocycles. The van der Waals surface area contributed by atoms with Gasteiger partial charge in [-0.05, 0) is 33.0 Å². The maximum atomic E-state index is 10.9. The maximum absolute atomic E-state index is 10.9. The number of H-pyrrole nitrogens is 1. The van der Waals surface area contributed by atoms with Crippen LogP contribution in [-0.4, -0.2) is 38.2 Å². The Balaban J connectivity index is 2.06. The fraction of sp³-hybridized carbons (Fsp3) is 0.357. The first-order valence-corrected chi connectivity index (χ1v) is 6.35. The van der Waals surface area contributed by atoms with E-state index in [0.29, 0.717) is 6.54 Å². The molecule has 2 aromatic rings. The van der Waals surface area contributed by atoms with Gasteiger partial charge in [0.05, 0.1) is 11.4 Å². The Labute approximate surface area is 117 Å².